The van der Waals surface area contributed by atoms with Crippen LogP contribution in [0.3, 0.4) is 0 Å². The number of nitrogens with zero attached hydrogens (tertiary/aromatic N) is 3. The van der Waals surface area contributed by atoms with Gasteiger partial charge in [-0.2, -0.15) is 8.78 Å². The number of ether oxygens (including phenoxy) is 1. The molecule has 4 atom stereocenters. The van der Waals surface area contributed by atoms with Crippen molar-refractivity contribution < 1.29 is 13.5 Å². The third kappa shape index (κ3) is 5.02. The molecule has 2 N–H and O–H groups in total. The Bertz CT molecular complexity index is 2630. The summed E-state index contributed by atoms with van der Waals surface area (Å²) in [7, 11) is 0. The molecule has 0 saturated heterocycles. The lowest BCUT2D eigenvalue weighted by Gasteiger charge is -2.26. The maximum Gasteiger partial charge on any atom is 0.299 e. The number of aliphatic imine (C=N–C) groups is 2. The van der Waals surface area contributed by atoms with Crippen LogP contribution in [-0.2, 0) is 5.92 Å². The second kappa shape index (κ2) is 12.4. The predicted octanol–water partition coefficient (Wildman–Crippen LogP) is 11.0. The molecule has 5 aromatic carbocycles. The molecule has 1 aliphatic heterocycles. The van der Waals surface area contributed by atoms with Gasteiger partial charge in [0.1, 0.15) is 17.7 Å². The first-order chi connectivity index (χ1) is 26.4. The molecule has 264 valence electrons. The van der Waals surface area contributed by atoms with Gasteiger partial charge in [0.05, 0.1) is 17.3 Å². The lowest BCUT2D eigenvalue weighted by Crippen LogP contribution is -2.26. The zero-order valence-electron chi connectivity index (χ0n) is 29.5. The van der Waals surface area contributed by atoms with E-state index in [4.69, 9.17) is 20.5 Å². The van der Waals surface area contributed by atoms with Crippen molar-refractivity contribution in [2.24, 2.45) is 21.6 Å². The molecule has 5 nitrogen and oxygen atoms in total. The number of allylic oxidation sites excluding steroid dienone is 3. The Hall–Kier alpha value is -6.34. The lowest BCUT2D eigenvalue weighted by atomic mass is 9.86. The van der Waals surface area contributed by atoms with E-state index in [-0.39, 0.29) is 35.1 Å². The number of fused-ring (bicyclic) bond motifs is 10. The van der Waals surface area contributed by atoms with Gasteiger partial charge in [0.2, 0.25) is 0 Å². The van der Waals surface area contributed by atoms with Crippen molar-refractivity contribution in [3.05, 3.63) is 185 Å². The van der Waals surface area contributed by atoms with Crippen LogP contribution in [0.1, 0.15) is 70.5 Å². The second-order valence-corrected chi connectivity index (χ2v) is 14.4. The van der Waals surface area contributed by atoms with Crippen molar-refractivity contribution in [3.63, 3.8) is 0 Å². The summed E-state index contributed by atoms with van der Waals surface area (Å²) in [5.74, 6) is -1.59. The number of hydrogen-bond acceptors (Lipinski definition) is 2. The highest BCUT2D eigenvalue weighted by Crippen LogP contribution is 2.56. The Morgan fingerprint density at radius 1 is 0.852 bits per heavy atom. The van der Waals surface area contributed by atoms with Gasteiger partial charge in [-0.05, 0) is 60.4 Å². The fourth-order valence-corrected chi connectivity index (χ4v) is 8.57. The van der Waals surface area contributed by atoms with E-state index < -0.39 is 5.92 Å². The summed E-state index contributed by atoms with van der Waals surface area (Å²) in [4.78, 5) is 10.0. The van der Waals surface area contributed by atoms with Crippen LogP contribution in [0.4, 0.5) is 8.78 Å². The summed E-state index contributed by atoms with van der Waals surface area (Å²) >= 11 is 0. The standard InChI is InChI=1S/C47H36F2N4O/c1-28(29-13-4-2-5-14-29)51-46(30-15-6-3-7-16-30)52-45(50)31-17-12-18-32(25-31)53-41-27-40-37(33-19-8-10-21-39(33)47(40,48)49)26-38(41)35-23-24-36-34-20-9-11-22-42(34)54-44(36)43(35)53/h2-16,18-28,31,36,44H,17H2,1H3,(H2,50,51,52). The molecule has 2 heterocycles. The van der Waals surface area contributed by atoms with Gasteiger partial charge in [0.25, 0.3) is 5.92 Å². The Kier molecular flexibility index (Phi) is 7.41. The van der Waals surface area contributed by atoms with Crippen LogP contribution in [0.15, 0.2) is 156 Å². The predicted molar refractivity (Wildman–Crippen MR) is 213 cm³/mol. The summed E-state index contributed by atoms with van der Waals surface area (Å²) in [6.45, 7) is 2.05. The molecule has 54 heavy (non-hydrogen) atoms. The molecular weight excluding hydrogens is 675 g/mol. The Morgan fingerprint density at radius 2 is 1.59 bits per heavy atom. The maximum atomic E-state index is 16.2. The number of aromatic nitrogens is 1. The van der Waals surface area contributed by atoms with E-state index in [1.807, 2.05) is 78.9 Å². The van der Waals surface area contributed by atoms with Gasteiger partial charge in [-0.3, -0.25) is 4.99 Å². The third-order valence-corrected chi connectivity index (χ3v) is 11.2. The minimum absolute atomic E-state index is 0.0118. The second-order valence-electron chi connectivity index (χ2n) is 14.4. The van der Waals surface area contributed by atoms with Gasteiger partial charge in [0, 0.05) is 50.7 Å². The van der Waals surface area contributed by atoms with E-state index >= 15 is 8.78 Å². The highest BCUT2D eigenvalue weighted by molar-refractivity contribution is 6.07. The van der Waals surface area contributed by atoms with Crippen LogP contribution in [0.25, 0.3) is 33.8 Å². The number of amidine groups is 2. The summed E-state index contributed by atoms with van der Waals surface area (Å²) in [5.41, 5.74) is 14.6. The topological polar surface area (TPSA) is 64.9 Å². The highest BCUT2D eigenvalue weighted by Gasteiger charge is 2.46. The van der Waals surface area contributed by atoms with Crippen molar-refractivity contribution in [2.45, 2.75) is 37.3 Å². The summed E-state index contributed by atoms with van der Waals surface area (Å²) in [5, 5.41) is 0.900. The molecule has 4 unspecified atom stereocenters. The van der Waals surface area contributed by atoms with Crippen LogP contribution < -0.4 is 10.5 Å². The first-order valence-electron chi connectivity index (χ1n) is 18.4. The van der Waals surface area contributed by atoms with Crippen molar-refractivity contribution in [2.75, 3.05) is 0 Å². The van der Waals surface area contributed by atoms with Gasteiger partial charge in [-0.1, -0.05) is 121 Å². The molecule has 4 aliphatic rings. The molecule has 3 aliphatic carbocycles. The highest BCUT2D eigenvalue weighted by atomic mass is 19.3. The van der Waals surface area contributed by atoms with Crippen molar-refractivity contribution in [1.29, 1.82) is 0 Å². The molecule has 1 aromatic heterocycles. The average Bonchev–Trinajstić information content (AvgIpc) is 3.83. The largest absolute Gasteiger partial charge is 0.483 e. The number of halogens is 2. The quantitative estimate of drug-likeness (QED) is 0.143. The smallest absolute Gasteiger partial charge is 0.299 e. The summed E-state index contributed by atoms with van der Waals surface area (Å²) < 4.78 is 41.3. The summed E-state index contributed by atoms with van der Waals surface area (Å²) in [6.07, 6.45) is 10.9. The van der Waals surface area contributed by atoms with Gasteiger partial charge in [-0.25, -0.2) is 4.99 Å². The number of rotatable bonds is 5. The molecule has 6 aromatic rings. The van der Waals surface area contributed by atoms with Crippen LogP contribution in [0, 0.1) is 5.92 Å². The fraction of sp³-hybridized carbons (Fsp3) is 0.149. The maximum absolute atomic E-state index is 16.2. The van der Waals surface area contributed by atoms with Gasteiger partial charge in [0.15, 0.2) is 5.84 Å². The Morgan fingerprint density at radius 3 is 2.43 bits per heavy atom. The van der Waals surface area contributed by atoms with Crippen LogP contribution in [0.5, 0.6) is 5.75 Å². The van der Waals surface area contributed by atoms with Crippen LogP contribution >= 0.6 is 0 Å². The minimum atomic E-state index is -3.13. The van der Waals surface area contributed by atoms with E-state index in [0.717, 1.165) is 44.8 Å². The number of benzene rings is 5. The van der Waals surface area contributed by atoms with E-state index in [0.29, 0.717) is 34.7 Å². The third-order valence-electron chi connectivity index (χ3n) is 11.2. The molecule has 10 rings (SSSR count). The normalized spacial score (nSPS) is 21.1. The summed E-state index contributed by atoms with van der Waals surface area (Å²) in [6, 6.07) is 38.4. The molecule has 0 spiro atoms. The first-order valence-corrected chi connectivity index (χ1v) is 18.4. The van der Waals surface area contributed by atoms with Crippen molar-refractivity contribution in [3.8, 4) is 16.9 Å². The zero-order valence-corrected chi connectivity index (χ0v) is 29.5. The van der Waals surface area contributed by atoms with Gasteiger partial charge >= 0.3 is 0 Å². The molecule has 7 heteroatoms. The zero-order chi connectivity index (χ0) is 36.6. The fourth-order valence-electron chi connectivity index (χ4n) is 8.57. The number of alkyl halides is 2. The number of nitrogens with two attached hydrogens (primary N) is 1. The van der Waals surface area contributed by atoms with E-state index in [1.54, 1.807) is 18.2 Å². The van der Waals surface area contributed by atoms with Crippen LogP contribution in [-0.4, -0.2) is 16.2 Å². The van der Waals surface area contributed by atoms with E-state index in [1.165, 1.54) is 6.07 Å². The van der Waals surface area contributed by atoms with E-state index in [9.17, 15) is 0 Å². The average molecular weight is 711 g/mol. The first kappa shape index (κ1) is 32.3. The van der Waals surface area contributed by atoms with Crippen molar-refractivity contribution in [1.82, 2.24) is 4.57 Å². The molecule has 0 bridgehead atoms. The minimum Gasteiger partial charge on any atom is -0.483 e. The van der Waals surface area contributed by atoms with E-state index in [2.05, 4.69) is 60.1 Å². The number of para-hydroxylation sites is 1. The molecular formula is C47H36F2N4O. The molecule has 0 radical (unpaired) electrons. The van der Waals surface area contributed by atoms with Gasteiger partial charge in [-0.15, -0.1) is 0 Å². The SMILES string of the molecule is CC(N=C(N=C(N)C1C=C(n2c3c(c4cc5c(cc42)C(F)(F)c2ccccc2-5)C=CC2c4ccccc4OC32)C=CC1)c1ccccc1)c1ccccc1. The van der Waals surface area contributed by atoms with Crippen LogP contribution in [0.2, 0.25) is 0 Å². The molecule has 0 amide bonds. The molecule has 0 saturated carbocycles. The van der Waals surface area contributed by atoms with Gasteiger partial charge < -0.3 is 15.0 Å². The lowest BCUT2D eigenvalue weighted by molar-refractivity contribution is 0.0481. The monoisotopic (exact) mass is 710 g/mol. The number of hydrogen-bond donors (Lipinski definition) is 1. The van der Waals surface area contributed by atoms with Crippen molar-refractivity contribution >= 4 is 34.3 Å². The Labute approximate surface area is 312 Å². The molecule has 0 fully saturated rings. The Balaban J connectivity index is 1.13.